The van der Waals surface area contributed by atoms with Crippen LogP contribution in [0.3, 0.4) is 0 Å². The molecule has 2 aromatic rings. The minimum Gasteiger partial charge on any atom is -0.799 e. The van der Waals surface area contributed by atoms with E-state index in [9.17, 15) is 48.3 Å². The predicted molar refractivity (Wildman–Crippen MR) is 97.1 cm³/mol. The van der Waals surface area contributed by atoms with Crippen LogP contribution in [0.1, 0.15) is 6.23 Å². The van der Waals surface area contributed by atoms with Crippen molar-refractivity contribution in [1.82, 2.24) is 23.7 Å². The molecule has 0 aromatic carbocycles. The summed E-state index contributed by atoms with van der Waals surface area (Å²) in [4.78, 5) is 73.1. The molecule has 1 aliphatic rings. The number of fused-ring (bicyclic) bond motifs is 1. The van der Waals surface area contributed by atoms with Gasteiger partial charge in [-0.05, 0) is 0 Å². The van der Waals surface area contributed by atoms with Crippen LogP contribution in [0.4, 0.5) is 5.95 Å². The van der Waals surface area contributed by atoms with Crippen molar-refractivity contribution in [2.24, 2.45) is 0 Å². The molecule has 0 saturated carbocycles. The van der Waals surface area contributed by atoms with E-state index in [-0.39, 0.29) is 111 Å². The van der Waals surface area contributed by atoms with Crippen molar-refractivity contribution in [2.75, 3.05) is 12.3 Å². The number of aromatic amines is 1. The molecule has 0 spiro atoms. The van der Waals surface area contributed by atoms with Crippen molar-refractivity contribution in [1.29, 1.82) is 0 Å². The van der Waals surface area contributed by atoms with Crippen LogP contribution < -0.4 is 115 Å². The van der Waals surface area contributed by atoms with E-state index >= 15 is 0 Å². The average Bonchev–Trinajstić information content (AvgIpc) is 3.12. The molecule has 6 atom stereocenters. The Labute approximate surface area is 266 Å². The zero-order chi connectivity index (χ0) is 24.2. The minimum absolute atomic E-state index is 0. The maximum absolute atomic E-state index is 12.0. The van der Waals surface area contributed by atoms with Crippen molar-refractivity contribution in [3.63, 3.8) is 0 Å². The number of nitrogen functional groups attached to an aromatic ring is 1. The SMILES string of the molecule is Nc1nc2c(ncn2[C@@H]2O[C@H](COP(=O)(O)N(P(=O)([O-])[O-])P(=O)([O-])O)[C@@H](O)[C@H]2O)c(=O)[nH]1.O.[Na+].[Na+].[Na+]. The fraction of sp³-hybridized carbons (Fsp3) is 0.500. The summed E-state index contributed by atoms with van der Waals surface area (Å²) in [7, 11) is -18.9. The molecule has 1 aliphatic heterocycles. The van der Waals surface area contributed by atoms with E-state index in [1.54, 1.807) is 0 Å². The first kappa shape index (κ1) is 39.5. The zero-order valence-electron chi connectivity index (χ0n) is 18.8. The van der Waals surface area contributed by atoms with Gasteiger partial charge in [0.2, 0.25) is 13.7 Å². The molecule has 26 heteroatoms. The van der Waals surface area contributed by atoms with Gasteiger partial charge in [-0.25, -0.2) is 9.55 Å². The van der Waals surface area contributed by atoms with Crippen molar-refractivity contribution in [3.8, 4) is 0 Å². The second-order valence-electron chi connectivity index (χ2n) is 6.34. The molecule has 36 heavy (non-hydrogen) atoms. The molecule has 2 unspecified atom stereocenters. The molecule has 188 valence electrons. The topological polar surface area (TPSA) is 344 Å². The van der Waals surface area contributed by atoms with Gasteiger partial charge in [0.25, 0.3) is 5.56 Å². The molecule has 0 radical (unpaired) electrons. The molecule has 0 aliphatic carbocycles. The second-order valence-corrected chi connectivity index (χ2v) is 11.6. The Balaban J connectivity index is 0. The molecule has 2 aromatic heterocycles. The summed E-state index contributed by atoms with van der Waals surface area (Å²) >= 11 is 0. The second kappa shape index (κ2) is 14.3. The fourth-order valence-corrected chi connectivity index (χ4v) is 6.98. The summed E-state index contributed by atoms with van der Waals surface area (Å²) in [5, 5.41) is 20.4. The van der Waals surface area contributed by atoms with Crippen molar-refractivity contribution in [3.05, 3.63) is 16.7 Å². The molecule has 1 fully saturated rings. The van der Waals surface area contributed by atoms with Crippen LogP contribution in [0.2, 0.25) is 0 Å². The fourth-order valence-electron chi connectivity index (χ4n) is 2.87. The number of nitrogens with one attached hydrogen (secondary N) is 1. The average molecular weight is 606 g/mol. The van der Waals surface area contributed by atoms with Crippen LogP contribution in [0.5, 0.6) is 0 Å². The van der Waals surface area contributed by atoms with Gasteiger partial charge in [-0.2, -0.15) is 4.98 Å². The molecule has 1 saturated heterocycles. The Hall–Kier alpha value is 1.40. The summed E-state index contributed by atoms with van der Waals surface area (Å²) in [6, 6.07) is 0. The molecular formula is C10H16N6Na3O14P3. The normalized spacial score (nSPS) is 25.0. The Kier molecular flexibility index (Phi) is 15.8. The number of aromatic nitrogens is 4. The van der Waals surface area contributed by atoms with Gasteiger partial charge >= 0.3 is 96.4 Å². The van der Waals surface area contributed by atoms with Gasteiger partial charge < -0.3 is 55.2 Å². The monoisotopic (exact) mass is 606 g/mol. The molecule has 20 nitrogen and oxygen atoms in total. The van der Waals surface area contributed by atoms with E-state index in [1.165, 1.54) is 0 Å². The van der Waals surface area contributed by atoms with E-state index in [0.29, 0.717) is 0 Å². The largest absolute Gasteiger partial charge is 1.00 e. The van der Waals surface area contributed by atoms with Crippen LogP contribution in [-0.4, -0.2) is 74.1 Å². The van der Waals surface area contributed by atoms with Gasteiger partial charge in [-0.15, -0.1) is 4.21 Å². The van der Waals surface area contributed by atoms with Crippen LogP contribution >= 0.6 is 23.2 Å². The van der Waals surface area contributed by atoms with Crippen LogP contribution in [0, 0.1) is 0 Å². The van der Waals surface area contributed by atoms with Gasteiger partial charge in [-0.1, -0.05) is 0 Å². The number of H-pyrrole nitrogens is 1. The summed E-state index contributed by atoms with van der Waals surface area (Å²) in [6.45, 7) is -1.23. The number of imidazole rings is 1. The molecule has 3 heterocycles. The van der Waals surface area contributed by atoms with Crippen LogP contribution in [-0.2, 0) is 23.0 Å². The van der Waals surface area contributed by atoms with Crippen LogP contribution in [0.25, 0.3) is 11.2 Å². The van der Waals surface area contributed by atoms with Crippen molar-refractivity contribution in [2.45, 2.75) is 24.5 Å². The predicted octanol–water partition coefficient (Wildman–Crippen LogP) is -14.8. The number of nitrogens with two attached hydrogens (primary N) is 1. The standard InChI is InChI=1S/C10H17N6O13P3.3Na.H2O/c11-10-13-7-4(8(19)14-10)12-2-15(7)9-6(18)5(17)3(29-9)1-28-32(26,27)16(30(20,21)22)31(23,24)25;;;;/h2-3,5-6,9,17-18H,1H2,(H,26,27)(H2,20,21,22)(H2,23,24,25)(H3,11,13,14,19);;;;1H2/q;3*+1;/p-3/t3-,5-,6-,9-;;;;/m1..../s1. The first-order chi connectivity index (χ1) is 14.5. The Morgan fingerprint density at radius 2 is 1.72 bits per heavy atom. The maximum Gasteiger partial charge on any atom is 1.00 e. The molecule has 0 bridgehead atoms. The third-order valence-electron chi connectivity index (χ3n) is 4.14. The van der Waals surface area contributed by atoms with Crippen molar-refractivity contribution < 1.29 is 152 Å². The van der Waals surface area contributed by atoms with E-state index in [0.717, 1.165) is 10.9 Å². The number of aliphatic hydroxyl groups is 2. The van der Waals surface area contributed by atoms with Gasteiger partial charge in [0.15, 0.2) is 17.4 Å². The third-order valence-corrected chi connectivity index (χ3v) is 10.00. The Morgan fingerprint density at radius 3 is 2.22 bits per heavy atom. The number of hydrogen-bond donors (Lipinski definition) is 6. The molecule has 3 rings (SSSR count). The van der Waals surface area contributed by atoms with E-state index in [2.05, 4.69) is 19.5 Å². The van der Waals surface area contributed by atoms with E-state index < -0.39 is 64.2 Å². The molecule has 9 N–H and O–H groups in total. The minimum atomic E-state index is -6.54. The third kappa shape index (κ3) is 8.45. The first-order valence-corrected chi connectivity index (χ1v) is 12.7. The van der Waals surface area contributed by atoms with E-state index in [4.69, 9.17) is 15.4 Å². The van der Waals surface area contributed by atoms with Crippen molar-refractivity contribution >= 4 is 40.4 Å². The Bertz CT molecular complexity index is 1210. The van der Waals surface area contributed by atoms with E-state index in [1.807, 2.05) is 0 Å². The van der Waals surface area contributed by atoms with Gasteiger partial charge in [-0.3, -0.25) is 23.4 Å². The van der Waals surface area contributed by atoms with Crippen LogP contribution in [0.15, 0.2) is 11.1 Å². The summed E-state index contributed by atoms with van der Waals surface area (Å²) < 4.78 is 43.0. The molecular weight excluding hydrogens is 590 g/mol. The number of nitrogens with zero attached hydrogens (tertiary/aromatic N) is 4. The number of rotatable bonds is 7. The number of ether oxygens (including phenoxy) is 1. The maximum atomic E-state index is 12.0. The first-order valence-electron chi connectivity index (χ1n) is 8.12. The number of hydrogen-bond acceptors (Lipinski definition) is 14. The molecule has 0 amide bonds. The summed E-state index contributed by atoms with van der Waals surface area (Å²) in [5.74, 6) is -0.316. The smallest absolute Gasteiger partial charge is 0.799 e. The summed E-state index contributed by atoms with van der Waals surface area (Å²) in [6.07, 6.45) is -5.87. The zero-order valence-corrected chi connectivity index (χ0v) is 27.4. The summed E-state index contributed by atoms with van der Waals surface area (Å²) in [5.41, 5.74) is 4.33. The van der Waals surface area contributed by atoms with Gasteiger partial charge in [0, 0.05) is 7.75 Å². The number of anilines is 1. The van der Waals surface area contributed by atoms with Gasteiger partial charge in [0.1, 0.15) is 18.3 Å². The Morgan fingerprint density at radius 1 is 1.17 bits per heavy atom. The van der Waals surface area contributed by atoms with Gasteiger partial charge in [0.05, 0.1) is 12.9 Å². The number of aliphatic hydroxyl groups excluding tert-OH is 2. The quantitative estimate of drug-likeness (QED) is 0.126.